The lowest BCUT2D eigenvalue weighted by atomic mass is 10.2. The summed E-state index contributed by atoms with van der Waals surface area (Å²) >= 11 is 5.74. The number of hydrogen-bond donors (Lipinski definition) is 1. The average molecular weight is 310 g/mol. The molecule has 0 radical (unpaired) electrons. The topological polar surface area (TPSA) is 55.4 Å². The highest BCUT2D eigenvalue weighted by molar-refractivity contribution is 6.30. The molecule has 1 N–H and O–H groups in total. The first kappa shape index (κ1) is 17.2. The number of carbonyl (C=O) groups is 2. The molecule has 4 nitrogen and oxygen atoms in total. The molecule has 0 fully saturated rings. The van der Waals surface area contributed by atoms with Gasteiger partial charge in [0.1, 0.15) is 0 Å². The van der Waals surface area contributed by atoms with Crippen molar-refractivity contribution < 1.29 is 14.3 Å². The Bertz CT molecular complexity index is 483. The third kappa shape index (κ3) is 8.15. The number of unbranched alkanes of at least 4 members (excludes halogenated alkanes) is 3. The van der Waals surface area contributed by atoms with Gasteiger partial charge < -0.3 is 10.1 Å². The second-order valence-corrected chi connectivity index (χ2v) is 4.99. The third-order valence-corrected chi connectivity index (χ3v) is 2.98. The molecule has 1 rings (SSSR count). The van der Waals surface area contributed by atoms with Gasteiger partial charge in [0.05, 0.1) is 6.61 Å². The van der Waals surface area contributed by atoms with Gasteiger partial charge in [-0.1, -0.05) is 37.8 Å². The van der Waals surface area contributed by atoms with Gasteiger partial charge in [-0.2, -0.15) is 0 Å². The minimum Gasteiger partial charge on any atom is -0.463 e. The highest BCUT2D eigenvalue weighted by Crippen LogP contribution is 2.13. The normalized spacial score (nSPS) is 10.6. The lowest BCUT2D eigenvalue weighted by molar-refractivity contribution is -0.138. The van der Waals surface area contributed by atoms with E-state index in [0.29, 0.717) is 17.3 Å². The van der Waals surface area contributed by atoms with Crippen LogP contribution in [-0.2, 0) is 14.3 Å². The molecule has 0 aliphatic rings. The molecule has 21 heavy (non-hydrogen) atoms. The molecule has 1 amide bonds. The summed E-state index contributed by atoms with van der Waals surface area (Å²) in [7, 11) is 0. The summed E-state index contributed by atoms with van der Waals surface area (Å²) in [6, 6.07) is 6.71. The van der Waals surface area contributed by atoms with Gasteiger partial charge >= 0.3 is 5.97 Å². The van der Waals surface area contributed by atoms with Crippen LogP contribution in [0.3, 0.4) is 0 Å². The summed E-state index contributed by atoms with van der Waals surface area (Å²) in [6.07, 6.45) is 6.46. The Labute approximate surface area is 130 Å². The van der Waals surface area contributed by atoms with Crippen molar-refractivity contribution in [2.45, 2.75) is 32.6 Å². The summed E-state index contributed by atoms with van der Waals surface area (Å²) in [6.45, 7) is 2.51. The molecule has 5 heteroatoms. The van der Waals surface area contributed by atoms with Crippen molar-refractivity contribution in [1.29, 1.82) is 0 Å². The van der Waals surface area contributed by atoms with Crippen LogP contribution in [0.1, 0.15) is 32.6 Å². The third-order valence-electron chi connectivity index (χ3n) is 2.72. The first-order chi connectivity index (χ1) is 10.1. The first-order valence-corrected chi connectivity index (χ1v) is 7.41. The Morgan fingerprint density at radius 2 is 1.86 bits per heavy atom. The zero-order valence-electron chi connectivity index (χ0n) is 12.1. The molecule has 0 aliphatic heterocycles. The minimum atomic E-state index is -0.502. The zero-order valence-corrected chi connectivity index (χ0v) is 12.9. The van der Waals surface area contributed by atoms with Gasteiger partial charge in [-0.3, -0.25) is 4.79 Å². The number of benzene rings is 1. The molecule has 0 atom stereocenters. The van der Waals surface area contributed by atoms with E-state index < -0.39 is 5.97 Å². The predicted molar refractivity (Wildman–Crippen MR) is 84.3 cm³/mol. The molecule has 1 aromatic rings. The van der Waals surface area contributed by atoms with Crippen LogP contribution < -0.4 is 5.32 Å². The van der Waals surface area contributed by atoms with Crippen molar-refractivity contribution in [3.8, 4) is 0 Å². The molecule has 0 aromatic heterocycles. The quantitative estimate of drug-likeness (QED) is 0.449. The fourth-order valence-electron chi connectivity index (χ4n) is 1.61. The predicted octanol–water partition coefficient (Wildman–Crippen LogP) is 3.96. The van der Waals surface area contributed by atoms with Crippen molar-refractivity contribution in [1.82, 2.24) is 0 Å². The SMILES string of the molecule is CCCCCCOC(=O)/C=C\C(=O)Nc1ccc(Cl)cc1. The number of rotatable bonds is 8. The number of hydrogen-bond acceptors (Lipinski definition) is 3. The van der Waals surface area contributed by atoms with Crippen LogP contribution in [0, 0.1) is 0 Å². The Hall–Kier alpha value is -1.81. The summed E-state index contributed by atoms with van der Waals surface area (Å²) < 4.78 is 4.98. The van der Waals surface area contributed by atoms with Crippen LogP contribution in [-0.4, -0.2) is 18.5 Å². The molecule has 0 saturated carbocycles. The summed E-state index contributed by atoms with van der Waals surface area (Å²) in [4.78, 5) is 22.9. The molecular weight excluding hydrogens is 290 g/mol. The van der Waals surface area contributed by atoms with E-state index in [1.165, 1.54) is 0 Å². The summed E-state index contributed by atoms with van der Waals surface area (Å²) in [5, 5.41) is 3.21. The lowest BCUT2D eigenvalue weighted by Crippen LogP contribution is -2.09. The van der Waals surface area contributed by atoms with E-state index in [0.717, 1.165) is 37.8 Å². The maximum absolute atomic E-state index is 11.6. The minimum absolute atomic E-state index is 0.389. The van der Waals surface area contributed by atoms with E-state index in [2.05, 4.69) is 12.2 Å². The molecular formula is C16H20ClNO3. The molecule has 0 unspecified atom stereocenters. The van der Waals surface area contributed by atoms with Gasteiger partial charge in [-0.05, 0) is 30.7 Å². The standard InChI is InChI=1S/C16H20ClNO3/c1-2-3-4-5-12-21-16(20)11-10-15(19)18-14-8-6-13(17)7-9-14/h6-11H,2-5,12H2,1H3,(H,18,19)/b11-10-. The lowest BCUT2D eigenvalue weighted by Gasteiger charge is -2.02. The Morgan fingerprint density at radius 3 is 2.52 bits per heavy atom. The molecule has 0 aliphatic carbocycles. The molecule has 0 spiro atoms. The second-order valence-electron chi connectivity index (χ2n) is 4.56. The van der Waals surface area contributed by atoms with Gasteiger partial charge in [0.2, 0.25) is 5.91 Å². The highest BCUT2D eigenvalue weighted by atomic mass is 35.5. The molecule has 1 aromatic carbocycles. The molecule has 0 heterocycles. The van der Waals surface area contributed by atoms with Crippen LogP contribution in [0.4, 0.5) is 5.69 Å². The van der Waals surface area contributed by atoms with Crippen molar-refractivity contribution in [3.63, 3.8) is 0 Å². The van der Waals surface area contributed by atoms with E-state index in [1.54, 1.807) is 24.3 Å². The highest BCUT2D eigenvalue weighted by Gasteiger charge is 2.01. The number of esters is 1. The summed E-state index contributed by atoms with van der Waals surface area (Å²) in [5.74, 6) is -0.891. The van der Waals surface area contributed by atoms with Crippen LogP contribution in [0.25, 0.3) is 0 Å². The Balaban J connectivity index is 2.26. The van der Waals surface area contributed by atoms with E-state index in [9.17, 15) is 9.59 Å². The number of ether oxygens (including phenoxy) is 1. The van der Waals surface area contributed by atoms with Crippen molar-refractivity contribution in [3.05, 3.63) is 41.4 Å². The molecule has 114 valence electrons. The fourth-order valence-corrected chi connectivity index (χ4v) is 1.74. The molecule has 0 saturated heterocycles. The first-order valence-electron chi connectivity index (χ1n) is 7.03. The largest absolute Gasteiger partial charge is 0.463 e. The van der Waals surface area contributed by atoms with Crippen LogP contribution in [0.5, 0.6) is 0 Å². The van der Waals surface area contributed by atoms with Crippen molar-refractivity contribution >= 4 is 29.2 Å². The van der Waals surface area contributed by atoms with Crippen LogP contribution in [0.15, 0.2) is 36.4 Å². The van der Waals surface area contributed by atoms with E-state index in [-0.39, 0.29) is 5.91 Å². The maximum atomic E-state index is 11.6. The number of anilines is 1. The Kier molecular flexibility index (Phi) is 8.21. The van der Waals surface area contributed by atoms with Crippen molar-refractivity contribution in [2.75, 3.05) is 11.9 Å². The maximum Gasteiger partial charge on any atom is 0.330 e. The second kappa shape index (κ2) is 10.00. The van der Waals surface area contributed by atoms with E-state index in [1.807, 2.05) is 0 Å². The Morgan fingerprint density at radius 1 is 1.14 bits per heavy atom. The zero-order chi connectivity index (χ0) is 15.5. The number of nitrogens with one attached hydrogen (secondary N) is 1. The van der Waals surface area contributed by atoms with E-state index in [4.69, 9.17) is 16.3 Å². The summed E-state index contributed by atoms with van der Waals surface area (Å²) in [5.41, 5.74) is 0.613. The van der Waals surface area contributed by atoms with Crippen LogP contribution >= 0.6 is 11.6 Å². The number of halogens is 1. The monoisotopic (exact) mass is 309 g/mol. The number of carbonyl (C=O) groups excluding carboxylic acids is 2. The average Bonchev–Trinajstić information content (AvgIpc) is 2.47. The van der Waals surface area contributed by atoms with Gasteiger partial charge in [0.15, 0.2) is 0 Å². The van der Waals surface area contributed by atoms with Gasteiger partial charge in [-0.25, -0.2) is 4.79 Å². The number of amides is 1. The van der Waals surface area contributed by atoms with Crippen molar-refractivity contribution in [2.24, 2.45) is 0 Å². The van der Waals surface area contributed by atoms with Crippen LogP contribution in [0.2, 0.25) is 5.02 Å². The molecule has 0 bridgehead atoms. The van der Waals surface area contributed by atoms with Gasteiger partial charge in [-0.15, -0.1) is 0 Å². The van der Waals surface area contributed by atoms with Gasteiger partial charge in [0.25, 0.3) is 0 Å². The smallest absolute Gasteiger partial charge is 0.330 e. The van der Waals surface area contributed by atoms with E-state index >= 15 is 0 Å². The fraction of sp³-hybridized carbons (Fsp3) is 0.375. The van der Waals surface area contributed by atoms with Gasteiger partial charge in [0, 0.05) is 22.9 Å².